The van der Waals surface area contributed by atoms with Crippen molar-refractivity contribution in [2.75, 3.05) is 49.6 Å². The van der Waals surface area contributed by atoms with Gasteiger partial charge in [-0.2, -0.15) is 0 Å². The van der Waals surface area contributed by atoms with Gasteiger partial charge in [0, 0.05) is 32.2 Å². The number of ether oxygens (including phenoxy) is 2. The molecule has 10 heteroatoms. The molecule has 0 spiro atoms. The Hall–Kier alpha value is -2.49. The average Bonchev–Trinajstić information content (AvgIpc) is 3.13. The zero-order valence-corrected chi connectivity index (χ0v) is 15.3. The molecule has 2 aliphatic heterocycles. The minimum Gasteiger partial charge on any atom is -0.454 e. The number of hydrogen-bond donors (Lipinski definition) is 0. The minimum absolute atomic E-state index is 0.0826. The highest BCUT2D eigenvalue weighted by atomic mass is 32.2. The molecule has 1 saturated heterocycles. The molecule has 26 heavy (non-hydrogen) atoms. The number of nitrogens with zero attached hydrogens (tertiary/aromatic N) is 3. The zero-order valence-electron chi connectivity index (χ0n) is 14.5. The quantitative estimate of drug-likeness (QED) is 0.635. The Morgan fingerprint density at radius 1 is 1.19 bits per heavy atom. The molecule has 0 bridgehead atoms. The lowest BCUT2D eigenvalue weighted by atomic mass is 10.2. The predicted molar refractivity (Wildman–Crippen MR) is 93.6 cm³/mol. The van der Waals surface area contributed by atoms with Crippen LogP contribution in [0.25, 0.3) is 0 Å². The second kappa shape index (κ2) is 7.40. The third kappa shape index (κ3) is 3.69. The Morgan fingerprint density at radius 2 is 1.88 bits per heavy atom. The molecule has 1 aromatic carbocycles. The van der Waals surface area contributed by atoms with Gasteiger partial charge in [0.1, 0.15) is 6.54 Å². The van der Waals surface area contributed by atoms with Crippen LogP contribution in [0.15, 0.2) is 18.2 Å². The summed E-state index contributed by atoms with van der Waals surface area (Å²) in [6.07, 6.45) is 0.752. The van der Waals surface area contributed by atoms with Gasteiger partial charge in [-0.15, -0.1) is 0 Å². The van der Waals surface area contributed by atoms with Crippen LogP contribution in [0.1, 0.15) is 6.92 Å². The lowest BCUT2D eigenvalue weighted by Crippen LogP contribution is -2.51. The van der Waals surface area contributed by atoms with Crippen LogP contribution < -0.4 is 13.8 Å². The van der Waals surface area contributed by atoms with Crippen LogP contribution in [0.4, 0.5) is 5.69 Å². The number of benzene rings is 1. The van der Waals surface area contributed by atoms with Gasteiger partial charge in [0.25, 0.3) is 0 Å². The molecule has 0 unspecified atom stereocenters. The molecular weight excluding hydrogens is 362 g/mol. The number of anilines is 1. The highest BCUT2D eigenvalue weighted by Crippen LogP contribution is 2.36. The molecule has 3 rings (SSSR count). The van der Waals surface area contributed by atoms with Gasteiger partial charge in [0.2, 0.25) is 29.1 Å². The summed E-state index contributed by atoms with van der Waals surface area (Å²) >= 11 is 0. The van der Waals surface area contributed by atoms with Crippen molar-refractivity contribution in [2.45, 2.75) is 6.92 Å². The molecule has 1 fully saturated rings. The van der Waals surface area contributed by atoms with E-state index in [1.54, 1.807) is 28.0 Å². The maximum atomic E-state index is 12.6. The van der Waals surface area contributed by atoms with E-state index in [4.69, 9.17) is 9.47 Å². The Kier molecular flexibility index (Phi) is 5.21. The first-order valence-electron chi connectivity index (χ1n) is 8.32. The van der Waals surface area contributed by atoms with E-state index in [2.05, 4.69) is 0 Å². The largest absolute Gasteiger partial charge is 0.454 e. The molecule has 9 nitrogen and oxygen atoms in total. The first-order valence-corrected chi connectivity index (χ1v) is 9.92. The van der Waals surface area contributed by atoms with Crippen LogP contribution in [0.5, 0.6) is 11.5 Å². The molecule has 0 N–H and O–H groups in total. The van der Waals surface area contributed by atoms with Crippen molar-refractivity contribution < 1.29 is 27.5 Å². The summed E-state index contributed by atoms with van der Waals surface area (Å²) < 4.78 is 36.7. The number of hydrogen-bond acceptors (Lipinski definition) is 6. The summed E-state index contributed by atoms with van der Waals surface area (Å²) in [4.78, 5) is 26.6. The Balaban J connectivity index is 1.79. The number of rotatable bonds is 6. The molecule has 142 valence electrons. The number of piperazine rings is 1. The smallest absolute Gasteiger partial charge is 0.243 e. The Labute approximate surface area is 152 Å². The molecule has 0 atom stereocenters. The molecule has 0 saturated carbocycles. The molecule has 0 aromatic heterocycles. The van der Waals surface area contributed by atoms with Gasteiger partial charge in [-0.3, -0.25) is 13.9 Å². The standard InChI is InChI=1S/C16H21N3O6S/c1-2-26(22,23)19(13-3-4-14-15(9-13)25-12-24-14)10-16(21)18-7-5-17(11-20)6-8-18/h3-4,9,11H,2,5-8,10,12H2,1H3. The van der Waals surface area contributed by atoms with Crippen molar-refractivity contribution in [2.24, 2.45) is 0 Å². The summed E-state index contributed by atoms with van der Waals surface area (Å²) in [5.41, 5.74) is 0.357. The maximum Gasteiger partial charge on any atom is 0.243 e. The van der Waals surface area contributed by atoms with E-state index in [-0.39, 0.29) is 25.0 Å². The van der Waals surface area contributed by atoms with Crippen molar-refractivity contribution in [3.63, 3.8) is 0 Å². The molecule has 0 radical (unpaired) electrons. The first-order chi connectivity index (χ1) is 12.4. The van der Waals surface area contributed by atoms with Crippen molar-refractivity contribution in [1.82, 2.24) is 9.80 Å². The van der Waals surface area contributed by atoms with Crippen LogP contribution in [0.3, 0.4) is 0 Å². The molecule has 1 aromatic rings. The van der Waals surface area contributed by atoms with Crippen LogP contribution in [0.2, 0.25) is 0 Å². The van der Waals surface area contributed by atoms with Crippen LogP contribution in [-0.4, -0.2) is 75.8 Å². The van der Waals surface area contributed by atoms with Gasteiger partial charge >= 0.3 is 0 Å². The SMILES string of the molecule is CCS(=O)(=O)N(CC(=O)N1CCN(C=O)CC1)c1ccc2c(c1)OCO2. The zero-order chi connectivity index (χ0) is 18.7. The second-order valence-electron chi connectivity index (χ2n) is 5.97. The summed E-state index contributed by atoms with van der Waals surface area (Å²) in [6, 6.07) is 4.79. The Morgan fingerprint density at radius 3 is 2.54 bits per heavy atom. The first kappa shape index (κ1) is 18.3. The molecule has 0 aliphatic carbocycles. The van der Waals surface area contributed by atoms with Crippen LogP contribution >= 0.6 is 0 Å². The van der Waals surface area contributed by atoms with E-state index in [1.165, 1.54) is 6.92 Å². The Bertz CT molecular complexity index is 789. The number of amides is 2. The lowest BCUT2D eigenvalue weighted by Gasteiger charge is -2.34. The van der Waals surface area contributed by atoms with Crippen molar-refractivity contribution in [1.29, 1.82) is 0 Å². The minimum atomic E-state index is -3.66. The predicted octanol–water partition coefficient (Wildman–Crippen LogP) is -0.128. The van der Waals surface area contributed by atoms with Gasteiger partial charge < -0.3 is 19.3 Å². The molecule has 2 heterocycles. The summed E-state index contributed by atoms with van der Waals surface area (Å²) in [5.74, 6) is 0.559. The fourth-order valence-electron chi connectivity index (χ4n) is 2.85. The highest BCUT2D eigenvalue weighted by Gasteiger charge is 2.29. The molecule has 2 aliphatic rings. The summed E-state index contributed by atoms with van der Waals surface area (Å²) in [6.45, 7) is 2.98. The number of carbonyl (C=O) groups is 2. The van der Waals surface area contributed by atoms with E-state index in [9.17, 15) is 18.0 Å². The number of fused-ring (bicyclic) bond motifs is 1. The average molecular weight is 383 g/mol. The van der Waals surface area contributed by atoms with E-state index in [1.807, 2.05) is 0 Å². The molecular formula is C16H21N3O6S. The van der Waals surface area contributed by atoms with Gasteiger partial charge in [0.15, 0.2) is 11.5 Å². The van der Waals surface area contributed by atoms with E-state index in [0.717, 1.165) is 10.7 Å². The third-order valence-corrected chi connectivity index (χ3v) is 6.18. The van der Waals surface area contributed by atoms with Crippen molar-refractivity contribution in [3.8, 4) is 11.5 Å². The van der Waals surface area contributed by atoms with E-state index in [0.29, 0.717) is 43.4 Å². The van der Waals surface area contributed by atoms with Crippen LogP contribution in [-0.2, 0) is 19.6 Å². The summed E-state index contributed by atoms with van der Waals surface area (Å²) in [7, 11) is -3.66. The normalized spacial score (nSPS) is 16.5. The van der Waals surface area contributed by atoms with Crippen molar-refractivity contribution >= 4 is 28.0 Å². The molecule has 2 amide bonds. The van der Waals surface area contributed by atoms with E-state index >= 15 is 0 Å². The van der Waals surface area contributed by atoms with Gasteiger partial charge in [0.05, 0.1) is 11.4 Å². The lowest BCUT2D eigenvalue weighted by molar-refractivity contribution is -0.133. The maximum absolute atomic E-state index is 12.6. The fourth-order valence-corrected chi connectivity index (χ4v) is 3.90. The number of carbonyl (C=O) groups excluding carboxylic acids is 2. The van der Waals surface area contributed by atoms with Gasteiger partial charge in [-0.05, 0) is 19.1 Å². The van der Waals surface area contributed by atoms with Gasteiger partial charge in [-0.25, -0.2) is 8.42 Å². The monoisotopic (exact) mass is 383 g/mol. The van der Waals surface area contributed by atoms with Gasteiger partial charge in [-0.1, -0.05) is 0 Å². The van der Waals surface area contributed by atoms with E-state index < -0.39 is 10.0 Å². The third-order valence-electron chi connectivity index (χ3n) is 4.44. The topological polar surface area (TPSA) is 96.5 Å². The second-order valence-corrected chi connectivity index (χ2v) is 8.15. The van der Waals surface area contributed by atoms with Crippen molar-refractivity contribution in [3.05, 3.63) is 18.2 Å². The number of sulfonamides is 1. The fraction of sp³-hybridized carbons (Fsp3) is 0.500. The summed E-state index contributed by atoms with van der Waals surface area (Å²) in [5, 5.41) is 0. The van der Waals surface area contributed by atoms with Crippen LogP contribution in [0, 0.1) is 0 Å². The highest BCUT2D eigenvalue weighted by molar-refractivity contribution is 7.92.